The highest BCUT2D eigenvalue weighted by Gasteiger charge is 2.35. The summed E-state index contributed by atoms with van der Waals surface area (Å²) in [6.07, 6.45) is 0.177. The van der Waals surface area contributed by atoms with Crippen molar-refractivity contribution in [3.63, 3.8) is 0 Å². The van der Waals surface area contributed by atoms with E-state index in [-0.39, 0.29) is 42.4 Å². The Labute approximate surface area is 232 Å². The quantitative estimate of drug-likeness (QED) is 0.429. The first-order valence-corrected chi connectivity index (χ1v) is 14.3. The smallest absolute Gasteiger partial charge is 0.322 e. The molecule has 0 aliphatic carbocycles. The number of nitrogens with one attached hydrogen (secondary N) is 2. The Morgan fingerprint density at radius 1 is 0.947 bits per heavy atom. The van der Waals surface area contributed by atoms with Crippen LogP contribution in [0, 0.1) is 0 Å². The SMILES string of the molecule is CC1CN(C(=O)C(Cc2ccccc2)NS(=O)(=O)c2ccc(Cl)cc2)CCN1C(=O)Nc1cccc(Cl)c1. The third kappa shape index (κ3) is 7.05. The van der Waals surface area contributed by atoms with Crippen LogP contribution in [0.15, 0.2) is 83.8 Å². The minimum Gasteiger partial charge on any atom is -0.337 e. The molecule has 1 heterocycles. The van der Waals surface area contributed by atoms with Gasteiger partial charge in [-0.1, -0.05) is 59.6 Å². The van der Waals surface area contributed by atoms with Crippen molar-refractivity contribution in [2.75, 3.05) is 25.0 Å². The standard InChI is InChI=1S/C27H28Cl2N4O4S/c1-19-18-32(14-15-33(19)27(35)30-23-9-5-8-22(29)17-23)26(34)25(16-20-6-3-2-4-7-20)31-38(36,37)24-12-10-21(28)11-13-24/h2-13,17,19,25,31H,14-16,18H2,1H3,(H,30,35). The fourth-order valence-corrected chi connectivity index (χ4v) is 5.85. The number of rotatable bonds is 7. The van der Waals surface area contributed by atoms with Crippen molar-refractivity contribution in [3.8, 4) is 0 Å². The topological polar surface area (TPSA) is 98.8 Å². The van der Waals surface area contributed by atoms with Crippen molar-refractivity contribution in [2.24, 2.45) is 0 Å². The van der Waals surface area contributed by atoms with E-state index >= 15 is 0 Å². The van der Waals surface area contributed by atoms with Gasteiger partial charge < -0.3 is 15.1 Å². The van der Waals surface area contributed by atoms with E-state index in [1.54, 1.807) is 34.1 Å². The molecule has 3 aromatic carbocycles. The first kappa shape index (κ1) is 27.9. The molecule has 2 N–H and O–H groups in total. The van der Waals surface area contributed by atoms with Crippen molar-refractivity contribution >= 4 is 50.9 Å². The summed E-state index contributed by atoms with van der Waals surface area (Å²) in [6, 6.07) is 20.2. The highest BCUT2D eigenvalue weighted by molar-refractivity contribution is 7.89. The lowest BCUT2D eigenvalue weighted by molar-refractivity contribution is -0.135. The maximum atomic E-state index is 13.7. The number of sulfonamides is 1. The average molecular weight is 576 g/mol. The van der Waals surface area contributed by atoms with E-state index < -0.39 is 16.1 Å². The van der Waals surface area contributed by atoms with E-state index in [0.29, 0.717) is 22.3 Å². The van der Waals surface area contributed by atoms with E-state index in [1.165, 1.54) is 24.3 Å². The third-order valence-electron chi connectivity index (χ3n) is 6.28. The summed E-state index contributed by atoms with van der Waals surface area (Å²) in [6.45, 7) is 2.66. The van der Waals surface area contributed by atoms with Crippen LogP contribution in [-0.4, -0.2) is 61.9 Å². The highest BCUT2D eigenvalue weighted by atomic mass is 35.5. The van der Waals surface area contributed by atoms with Gasteiger partial charge in [0.25, 0.3) is 0 Å². The minimum atomic E-state index is -4.00. The predicted octanol–water partition coefficient (Wildman–Crippen LogP) is 4.65. The summed E-state index contributed by atoms with van der Waals surface area (Å²) >= 11 is 11.9. The Morgan fingerprint density at radius 3 is 2.32 bits per heavy atom. The molecule has 4 rings (SSSR count). The van der Waals surface area contributed by atoms with Crippen LogP contribution in [0.3, 0.4) is 0 Å². The molecule has 0 aromatic heterocycles. The van der Waals surface area contributed by atoms with Crippen molar-refractivity contribution in [2.45, 2.75) is 30.3 Å². The fraction of sp³-hybridized carbons (Fsp3) is 0.259. The van der Waals surface area contributed by atoms with Crippen molar-refractivity contribution in [3.05, 3.63) is 94.5 Å². The van der Waals surface area contributed by atoms with E-state index in [0.717, 1.165) is 5.56 Å². The lowest BCUT2D eigenvalue weighted by Crippen LogP contribution is -2.59. The molecule has 3 amide bonds. The Morgan fingerprint density at radius 2 is 1.66 bits per heavy atom. The van der Waals surface area contributed by atoms with Gasteiger partial charge in [-0.15, -0.1) is 0 Å². The van der Waals surface area contributed by atoms with Gasteiger partial charge >= 0.3 is 6.03 Å². The maximum absolute atomic E-state index is 13.7. The summed E-state index contributed by atoms with van der Waals surface area (Å²) < 4.78 is 28.9. The maximum Gasteiger partial charge on any atom is 0.322 e. The molecule has 1 aliphatic rings. The molecular weight excluding hydrogens is 547 g/mol. The minimum absolute atomic E-state index is 0.0173. The average Bonchev–Trinajstić information content (AvgIpc) is 2.88. The number of carbonyl (C=O) groups excluding carboxylic acids is 2. The Kier molecular flexibility index (Phi) is 8.94. The highest BCUT2D eigenvalue weighted by Crippen LogP contribution is 2.19. The molecule has 1 fully saturated rings. The zero-order chi connectivity index (χ0) is 27.3. The summed E-state index contributed by atoms with van der Waals surface area (Å²) in [5, 5.41) is 3.75. The molecule has 3 aromatic rings. The Hall–Kier alpha value is -3.11. The summed E-state index contributed by atoms with van der Waals surface area (Å²) in [7, 11) is -4.00. The summed E-state index contributed by atoms with van der Waals surface area (Å²) in [5.74, 6) is -0.354. The predicted molar refractivity (Wildman–Crippen MR) is 149 cm³/mol. The second kappa shape index (κ2) is 12.2. The number of nitrogens with zero attached hydrogens (tertiary/aromatic N) is 2. The van der Waals surface area contributed by atoms with Gasteiger partial charge in [0.15, 0.2) is 0 Å². The zero-order valence-electron chi connectivity index (χ0n) is 20.7. The zero-order valence-corrected chi connectivity index (χ0v) is 23.0. The van der Waals surface area contributed by atoms with Gasteiger partial charge in [0.2, 0.25) is 15.9 Å². The second-order valence-electron chi connectivity index (χ2n) is 9.08. The molecule has 1 aliphatic heterocycles. The van der Waals surface area contributed by atoms with Gasteiger partial charge in [-0.3, -0.25) is 4.79 Å². The molecule has 0 spiro atoms. The van der Waals surface area contributed by atoms with Gasteiger partial charge in [-0.25, -0.2) is 13.2 Å². The number of piperazine rings is 1. The Bertz CT molecular complexity index is 1390. The normalized spacial score (nSPS) is 16.7. The molecule has 2 unspecified atom stereocenters. The number of hydrogen-bond donors (Lipinski definition) is 2. The van der Waals surface area contributed by atoms with Crippen molar-refractivity contribution < 1.29 is 18.0 Å². The number of carbonyl (C=O) groups is 2. The molecule has 2 atom stereocenters. The van der Waals surface area contributed by atoms with Crippen molar-refractivity contribution in [1.29, 1.82) is 0 Å². The number of amides is 3. The third-order valence-corrected chi connectivity index (χ3v) is 8.25. The number of benzene rings is 3. The number of urea groups is 1. The van der Waals surface area contributed by atoms with Crippen LogP contribution < -0.4 is 10.0 Å². The fourth-order valence-electron chi connectivity index (χ4n) is 4.34. The molecule has 38 heavy (non-hydrogen) atoms. The number of hydrogen-bond acceptors (Lipinski definition) is 4. The number of halogens is 2. The monoisotopic (exact) mass is 574 g/mol. The van der Waals surface area contributed by atoms with Crippen LogP contribution >= 0.6 is 23.2 Å². The van der Waals surface area contributed by atoms with E-state index in [2.05, 4.69) is 10.0 Å². The van der Waals surface area contributed by atoms with Crippen LogP contribution in [0.25, 0.3) is 0 Å². The first-order chi connectivity index (χ1) is 18.1. The van der Waals surface area contributed by atoms with E-state index in [9.17, 15) is 18.0 Å². The largest absolute Gasteiger partial charge is 0.337 e. The van der Waals surface area contributed by atoms with Crippen LogP contribution in [0.1, 0.15) is 12.5 Å². The van der Waals surface area contributed by atoms with Gasteiger partial charge in [0, 0.05) is 41.4 Å². The summed E-state index contributed by atoms with van der Waals surface area (Å²) in [4.78, 5) is 29.8. The van der Waals surface area contributed by atoms with Gasteiger partial charge in [0.05, 0.1) is 4.90 Å². The molecule has 11 heteroatoms. The van der Waals surface area contributed by atoms with Gasteiger partial charge in [-0.2, -0.15) is 4.72 Å². The van der Waals surface area contributed by atoms with E-state index in [1.807, 2.05) is 37.3 Å². The summed E-state index contributed by atoms with van der Waals surface area (Å²) in [5.41, 5.74) is 1.39. The van der Waals surface area contributed by atoms with Gasteiger partial charge in [0.1, 0.15) is 6.04 Å². The van der Waals surface area contributed by atoms with Crippen LogP contribution in [0.2, 0.25) is 10.0 Å². The molecular formula is C27H28Cl2N4O4S. The molecule has 8 nitrogen and oxygen atoms in total. The van der Waals surface area contributed by atoms with E-state index in [4.69, 9.17) is 23.2 Å². The second-order valence-corrected chi connectivity index (χ2v) is 11.7. The molecule has 1 saturated heterocycles. The first-order valence-electron chi connectivity index (χ1n) is 12.1. The molecule has 0 saturated carbocycles. The van der Waals surface area contributed by atoms with Gasteiger partial charge in [-0.05, 0) is 61.4 Å². The van der Waals surface area contributed by atoms with Crippen LogP contribution in [-0.2, 0) is 21.2 Å². The molecule has 200 valence electrons. The van der Waals surface area contributed by atoms with Crippen LogP contribution in [0.4, 0.5) is 10.5 Å². The molecule has 0 radical (unpaired) electrons. The number of anilines is 1. The Balaban J connectivity index is 1.48. The lowest BCUT2D eigenvalue weighted by atomic mass is 10.0. The lowest BCUT2D eigenvalue weighted by Gasteiger charge is -2.41. The van der Waals surface area contributed by atoms with Crippen molar-refractivity contribution in [1.82, 2.24) is 14.5 Å². The van der Waals surface area contributed by atoms with Crippen LogP contribution in [0.5, 0.6) is 0 Å². The molecule has 0 bridgehead atoms.